The van der Waals surface area contributed by atoms with Crippen molar-refractivity contribution in [3.05, 3.63) is 0 Å². The van der Waals surface area contributed by atoms with Crippen LogP contribution in [0.5, 0.6) is 0 Å². The Morgan fingerprint density at radius 1 is 1.30 bits per heavy atom. The number of amides is 2. The molecule has 3 fully saturated rings. The Morgan fingerprint density at radius 3 is 2.45 bits per heavy atom. The number of carbonyl (C=O) groups excluding carboxylic acids is 2. The number of β-amino-alcohol motifs (C(OH)–C–C–N with tert-alkyl or cyclic N) is 1. The van der Waals surface area contributed by atoms with Crippen LogP contribution in [0.2, 0.25) is 0 Å². The minimum absolute atomic E-state index is 0.0550. The van der Waals surface area contributed by atoms with Crippen molar-refractivity contribution >= 4 is 11.8 Å². The molecule has 2 heterocycles. The fourth-order valence-electron chi connectivity index (χ4n) is 3.90. The maximum Gasteiger partial charge on any atom is 0.233 e. The number of aliphatic hydroxyl groups excluding tert-OH is 1. The minimum Gasteiger partial charge on any atom is -0.391 e. The van der Waals surface area contributed by atoms with E-state index in [1.165, 1.54) is 4.90 Å². The van der Waals surface area contributed by atoms with E-state index >= 15 is 0 Å². The lowest BCUT2D eigenvalue weighted by atomic mass is 10.00. The van der Waals surface area contributed by atoms with Gasteiger partial charge in [-0.05, 0) is 25.2 Å². The lowest BCUT2D eigenvalue weighted by Gasteiger charge is -2.23. The molecule has 0 aromatic carbocycles. The first-order chi connectivity index (χ1) is 9.61. The standard InChI is InChI=1S/C15H23NO4/c1-2-9-5-11-12(6-9)15(19)16(14(11)18)7-13(17)10-3-4-20-8-10/h9-13,17H,2-8H2,1H3. The molecule has 2 saturated heterocycles. The molecule has 3 rings (SSSR count). The summed E-state index contributed by atoms with van der Waals surface area (Å²) in [6.07, 6.45) is 2.87. The number of hydrogen-bond acceptors (Lipinski definition) is 4. The van der Waals surface area contributed by atoms with Gasteiger partial charge in [0.1, 0.15) is 0 Å². The lowest BCUT2D eigenvalue weighted by molar-refractivity contribution is -0.142. The molecule has 1 N–H and O–H groups in total. The van der Waals surface area contributed by atoms with Gasteiger partial charge in [-0.2, -0.15) is 0 Å². The molecule has 4 atom stereocenters. The summed E-state index contributed by atoms with van der Waals surface area (Å²) < 4.78 is 5.25. The van der Waals surface area contributed by atoms with Gasteiger partial charge in [0.2, 0.25) is 11.8 Å². The highest BCUT2D eigenvalue weighted by Crippen LogP contribution is 2.44. The van der Waals surface area contributed by atoms with Crippen molar-refractivity contribution in [3.8, 4) is 0 Å². The van der Waals surface area contributed by atoms with Gasteiger partial charge in [-0.25, -0.2) is 0 Å². The van der Waals surface area contributed by atoms with Crippen LogP contribution in [0.4, 0.5) is 0 Å². The molecule has 2 amide bonds. The fraction of sp³-hybridized carbons (Fsp3) is 0.867. The second kappa shape index (κ2) is 5.45. The summed E-state index contributed by atoms with van der Waals surface area (Å²) >= 11 is 0. The molecule has 1 aliphatic carbocycles. The van der Waals surface area contributed by atoms with Gasteiger partial charge < -0.3 is 9.84 Å². The van der Waals surface area contributed by atoms with Crippen molar-refractivity contribution in [2.45, 2.75) is 38.7 Å². The molecule has 0 aromatic heterocycles. The van der Waals surface area contributed by atoms with E-state index in [1.807, 2.05) is 0 Å². The van der Waals surface area contributed by atoms with Gasteiger partial charge >= 0.3 is 0 Å². The Labute approximate surface area is 119 Å². The van der Waals surface area contributed by atoms with E-state index in [0.717, 1.165) is 25.7 Å². The van der Waals surface area contributed by atoms with Crippen molar-refractivity contribution in [1.29, 1.82) is 0 Å². The first-order valence-corrected chi connectivity index (χ1v) is 7.72. The van der Waals surface area contributed by atoms with Crippen LogP contribution in [0.3, 0.4) is 0 Å². The van der Waals surface area contributed by atoms with E-state index in [2.05, 4.69) is 6.92 Å². The Kier molecular flexibility index (Phi) is 3.82. The number of aliphatic hydroxyl groups is 1. The SMILES string of the molecule is CCC1CC2C(=O)N(CC(O)C3CCOC3)C(=O)C2C1. The van der Waals surface area contributed by atoms with Crippen molar-refractivity contribution in [2.75, 3.05) is 19.8 Å². The lowest BCUT2D eigenvalue weighted by Crippen LogP contribution is -2.41. The second-order valence-electron chi connectivity index (χ2n) is 6.44. The van der Waals surface area contributed by atoms with Gasteiger partial charge in [-0.3, -0.25) is 14.5 Å². The van der Waals surface area contributed by atoms with Crippen LogP contribution in [0, 0.1) is 23.7 Å². The molecule has 5 heteroatoms. The van der Waals surface area contributed by atoms with Gasteiger partial charge in [-0.1, -0.05) is 13.3 Å². The predicted molar refractivity (Wildman–Crippen MR) is 71.6 cm³/mol. The highest BCUT2D eigenvalue weighted by Gasteiger charge is 2.52. The van der Waals surface area contributed by atoms with Crippen molar-refractivity contribution < 1.29 is 19.4 Å². The number of ether oxygens (including phenoxy) is 1. The summed E-state index contributed by atoms with van der Waals surface area (Å²) in [5.74, 6) is 0.189. The van der Waals surface area contributed by atoms with E-state index in [0.29, 0.717) is 19.1 Å². The highest BCUT2D eigenvalue weighted by molar-refractivity contribution is 6.05. The largest absolute Gasteiger partial charge is 0.391 e. The van der Waals surface area contributed by atoms with Gasteiger partial charge in [0.05, 0.1) is 31.1 Å². The summed E-state index contributed by atoms with van der Waals surface area (Å²) in [5.41, 5.74) is 0. The zero-order valence-electron chi connectivity index (χ0n) is 12.0. The van der Waals surface area contributed by atoms with Crippen LogP contribution in [0.15, 0.2) is 0 Å². The summed E-state index contributed by atoms with van der Waals surface area (Å²) in [5, 5.41) is 10.2. The zero-order valence-corrected chi connectivity index (χ0v) is 12.0. The number of likely N-dealkylation sites (tertiary alicyclic amines) is 1. The molecular formula is C15H23NO4. The molecule has 20 heavy (non-hydrogen) atoms. The summed E-state index contributed by atoms with van der Waals surface area (Å²) in [4.78, 5) is 26.1. The third kappa shape index (κ3) is 2.27. The molecule has 4 unspecified atom stereocenters. The van der Waals surface area contributed by atoms with Gasteiger partial charge in [0.15, 0.2) is 0 Å². The van der Waals surface area contributed by atoms with E-state index < -0.39 is 6.10 Å². The maximum absolute atomic E-state index is 12.4. The third-order valence-electron chi connectivity index (χ3n) is 5.28. The molecule has 2 aliphatic heterocycles. The number of fused-ring (bicyclic) bond motifs is 1. The average Bonchev–Trinajstić information content (AvgIpc) is 3.14. The van der Waals surface area contributed by atoms with E-state index in [-0.39, 0.29) is 36.1 Å². The Morgan fingerprint density at radius 2 is 1.95 bits per heavy atom. The van der Waals surface area contributed by atoms with E-state index in [9.17, 15) is 14.7 Å². The third-order valence-corrected chi connectivity index (χ3v) is 5.28. The molecule has 0 aromatic rings. The number of carbonyl (C=O) groups is 2. The zero-order chi connectivity index (χ0) is 14.3. The Bertz CT molecular complexity index is 381. The van der Waals surface area contributed by atoms with Gasteiger partial charge in [-0.15, -0.1) is 0 Å². The molecule has 5 nitrogen and oxygen atoms in total. The first-order valence-electron chi connectivity index (χ1n) is 7.72. The normalized spacial score (nSPS) is 38.6. The van der Waals surface area contributed by atoms with E-state index in [1.54, 1.807) is 0 Å². The Balaban J connectivity index is 1.64. The second-order valence-corrected chi connectivity index (χ2v) is 6.44. The number of imide groups is 1. The smallest absolute Gasteiger partial charge is 0.233 e. The van der Waals surface area contributed by atoms with Crippen molar-refractivity contribution in [3.63, 3.8) is 0 Å². The molecule has 112 valence electrons. The monoisotopic (exact) mass is 281 g/mol. The van der Waals surface area contributed by atoms with Crippen LogP contribution in [-0.2, 0) is 14.3 Å². The molecule has 0 bridgehead atoms. The summed E-state index contributed by atoms with van der Waals surface area (Å²) in [6, 6.07) is 0. The quantitative estimate of drug-likeness (QED) is 0.774. The van der Waals surface area contributed by atoms with Crippen LogP contribution in [-0.4, -0.2) is 47.7 Å². The molecular weight excluding hydrogens is 258 g/mol. The van der Waals surface area contributed by atoms with E-state index in [4.69, 9.17) is 4.74 Å². The average molecular weight is 281 g/mol. The van der Waals surface area contributed by atoms with Crippen LogP contribution in [0.1, 0.15) is 32.6 Å². The van der Waals surface area contributed by atoms with Gasteiger partial charge in [0.25, 0.3) is 0 Å². The predicted octanol–water partition coefficient (Wildman–Crippen LogP) is 0.805. The van der Waals surface area contributed by atoms with Crippen LogP contribution in [0.25, 0.3) is 0 Å². The molecule has 1 saturated carbocycles. The first kappa shape index (κ1) is 14.0. The number of nitrogens with zero attached hydrogens (tertiary/aromatic N) is 1. The number of rotatable bonds is 4. The molecule has 0 radical (unpaired) electrons. The van der Waals surface area contributed by atoms with Crippen molar-refractivity contribution in [2.24, 2.45) is 23.7 Å². The molecule has 3 aliphatic rings. The van der Waals surface area contributed by atoms with Crippen LogP contribution < -0.4 is 0 Å². The minimum atomic E-state index is -0.647. The summed E-state index contributed by atoms with van der Waals surface area (Å²) in [7, 11) is 0. The maximum atomic E-state index is 12.4. The number of hydrogen-bond donors (Lipinski definition) is 1. The topological polar surface area (TPSA) is 66.8 Å². The van der Waals surface area contributed by atoms with Crippen molar-refractivity contribution in [1.82, 2.24) is 4.90 Å². The Hall–Kier alpha value is -0.940. The molecule has 0 spiro atoms. The highest BCUT2D eigenvalue weighted by atomic mass is 16.5. The van der Waals surface area contributed by atoms with Gasteiger partial charge in [0, 0.05) is 12.5 Å². The fourth-order valence-corrected chi connectivity index (χ4v) is 3.90. The van der Waals surface area contributed by atoms with Crippen LogP contribution >= 0.6 is 0 Å². The summed E-state index contributed by atoms with van der Waals surface area (Å²) in [6.45, 7) is 3.45.